The van der Waals surface area contributed by atoms with Gasteiger partial charge in [-0.3, -0.25) is 34.3 Å². The van der Waals surface area contributed by atoms with Gasteiger partial charge in [-0.25, -0.2) is 4.79 Å². The number of benzene rings is 1. The molecule has 1 unspecified atom stereocenters. The Hall–Kier alpha value is -3.47. The highest BCUT2D eigenvalue weighted by molar-refractivity contribution is 6.23. The van der Waals surface area contributed by atoms with Gasteiger partial charge in [0.25, 0.3) is 11.8 Å². The van der Waals surface area contributed by atoms with Crippen LogP contribution in [0.15, 0.2) is 18.2 Å². The van der Waals surface area contributed by atoms with Crippen molar-refractivity contribution in [1.29, 1.82) is 0 Å². The van der Waals surface area contributed by atoms with Crippen LogP contribution in [0.2, 0.25) is 0 Å². The smallest absolute Gasteiger partial charge is 0.407 e. The average molecular weight is 455 g/mol. The monoisotopic (exact) mass is 455 g/mol. The predicted octanol–water partition coefficient (Wildman–Crippen LogP) is -0.180. The second-order valence-electron chi connectivity index (χ2n) is 9.02. The zero-order valence-electron chi connectivity index (χ0n) is 18.0. The van der Waals surface area contributed by atoms with Crippen LogP contribution in [0, 0.1) is 5.92 Å². The highest BCUT2D eigenvalue weighted by atomic mass is 16.4. The van der Waals surface area contributed by atoms with Crippen LogP contribution in [-0.4, -0.2) is 101 Å². The van der Waals surface area contributed by atoms with E-state index in [2.05, 4.69) is 15.1 Å². The average Bonchev–Trinajstić information content (AvgIpc) is 3.01. The Balaban J connectivity index is 1.20. The number of carboxylic acid groups (broad SMARTS) is 1. The standard InChI is InChI=1S/C22H25N5O6/c28-18-4-3-17(19(29)23-18)27-20(30)15-2-1-14(9-16(15)21(27)31)26-11-13(12-26)10-24-5-7-25(8-6-24)22(32)33/h1-2,9,13,17H,3-8,10-12H2,(H,32,33)(H,23,28,29). The molecule has 4 aliphatic heterocycles. The minimum absolute atomic E-state index is 0.0928. The van der Waals surface area contributed by atoms with Crippen molar-refractivity contribution < 1.29 is 29.1 Å². The summed E-state index contributed by atoms with van der Waals surface area (Å²) in [4.78, 5) is 67.3. The lowest BCUT2D eigenvalue weighted by molar-refractivity contribution is -0.136. The van der Waals surface area contributed by atoms with Crippen molar-refractivity contribution in [3.8, 4) is 0 Å². The van der Waals surface area contributed by atoms with Crippen LogP contribution in [0.1, 0.15) is 33.6 Å². The van der Waals surface area contributed by atoms with E-state index < -0.39 is 35.8 Å². The molecule has 2 N–H and O–H groups in total. The topological polar surface area (TPSA) is 131 Å². The number of nitrogens with zero attached hydrogens (tertiary/aromatic N) is 4. The highest BCUT2D eigenvalue weighted by Crippen LogP contribution is 2.33. The Morgan fingerprint density at radius 1 is 1.00 bits per heavy atom. The van der Waals surface area contributed by atoms with E-state index in [0.29, 0.717) is 19.0 Å². The molecule has 3 saturated heterocycles. The Morgan fingerprint density at radius 3 is 2.36 bits per heavy atom. The molecule has 11 nitrogen and oxygen atoms in total. The van der Waals surface area contributed by atoms with Crippen LogP contribution in [-0.2, 0) is 9.59 Å². The van der Waals surface area contributed by atoms with Crippen molar-refractivity contribution in [2.45, 2.75) is 18.9 Å². The summed E-state index contributed by atoms with van der Waals surface area (Å²) in [5.74, 6) is -1.56. The number of amides is 5. The maximum absolute atomic E-state index is 13.0. The molecule has 0 aliphatic carbocycles. The SMILES string of the molecule is O=C1CCC(N2C(=O)c3ccc(N4CC(CN5CCN(C(=O)O)CC5)C4)cc3C2=O)C(=O)N1. The maximum Gasteiger partial charge on any atom is 0.407 e. The molecular weight excluding hydrogens is 430 g/mol. The van der Waals surface area contributed by atoms with Crippen molar-refractivity contribution in [2.24, 2.45) is 5.92 Å². The van der Waals surface area contributed by atoms with E-state index in [1.807, 2.05) is 6.07 Å². The molecule has 5 rings (SSSR count). The fourth-order valence-corrected chi connectivity index (χ4v) is 5.04. The minimum Gasteiger partial charge on any atom is -0.465 e. The second-order valence-corrected chi connectivity index (χ2v) is 9.02. The Bertz CT molecular complexity index is 1040. The molecule has 0 saturated carbocycles. The van der Waals surface area contributed by atoms with Crippen LogP contribution in [0.4, 0.5) is 10.5 Å². The van der Waals surface area contributed by atoms with Gasteiger partial charge in [-0.2, -0.15) is 0 Å². The molecule has 11 heteroatoms. The largest absolute Gasteiger partial charge is 0.465 e. The fourth-order valence-electron chi connectivity index (χ4n) is 5.04. The van der Waals surface area contributed by atoms with E-state index in [4.69, 9.17) is 5.11 Å². The summed E-state index contributed by atoms with van der Waals surface area (Å²) in [7, 11) is 0. The lowest BCUT2D eigenvalue weighted by Crippen LogP contribution is -2.55. The van der Waals surface area contributed by atoms with E-state index in [0.717, 1.165) is 43.3 Å². The third kappa shape index (κ3) is 3.82. The predicted molar refractivity (Wildman–Crippen MR) is 115 cm³/mol. The Labute approximate surface area is 189 Å². The van der Waals surface area contributed by atoms with Crippen molar-refractivity contribution in [2.75, 3.05) is 50.7 Å². The van der Waals surface area contributed by atoms with Crippen LogP contribution in [0.3, 0.4) is 0 Å². The summed E-state index contributed by atoms with van der Waals surface area (Å²) in [5.41, 5.74) is 1.42. The Kier molecular flexibility index (Phi) is 5.28. The van der Waals surface area contributed by atoms with Crippen molar-refractivity contribution in [1.82, 2.24) is 20.0 Å². The van der Waals surface area contributed by atoms with Gasteiger partial charge >= 0.3 is 6.09 Å². The van der Waals surface area contributed by atoms with E-state index >= 15 is 0 Å². The molecule has 1 atom stereocenters. The van der Waals surface area contributed by atoms with Gasteiger partial charge < -0.3 is 14.9 Å². The quantitative estimate of drug-likeness (QED) is 0.598. The molecular formula is C22H25N5O6. The fraction of sp³-hybridized carbons (Fsp3) is 0.500. The van der Waals surface area contributed by atoms with Gasteiger partial charge in [0.05, 0.1) is 11.1 Å². The number of piperidine rings is 1. The molecule has 4 aliphatic rings. The van der Waals surface area contributed by atoms with Gasteiger partial charge in [0.15, 0.2) is 0 Å². The first kappa shape index (κ1) is 21.4. The van der Waals surface area contributed by atoms with E-state index in [-0.39, 0.29) is 24.0 Å². The lowest BCUT2D eigenvalue weighted by Gasteiger charge is -2.44. The first-order chi connectivity index (χ1) is 15.8. The van der Waals surface area contributed by atoms with E-state index in [1.54, 1.807) is 12.1 Å². The van der Waals surface area contributed by atoms with E-state index in [1.165, 1.54) is 4.90 Å². The zero-order valence-corrected chi connectivity index (χ0v) is 18.0. The lowest BCUT2D eigenvalue weighted by atomic mass is 9.97. The van der Waals surface area contributed by atoms with Crippen molar-refractivity contribution in [3.63, 3.8) is 0 Å². The molecule has 1 aromatic rings. The number of carbonyl (C=O) groups is 5. The van der Waals surface area contributed by atoms with Crippen LogP contribution < -0.4 is 10.2 Å². The number of anilines is 1. The molecule has 174 valence electrons. The van der Waals surface area contributed by atoms with Crippen LogP contribution in [0.5, 0.6) is 0 Å². The highest BCUT2D eigenvalue weighted by Gasteiger charge is 2.45. The molecule has 0 bridgehead atoms. The summed E-state index contributed by atoms with van der Waals surface area (Å²) in [6.45, 7) is 5.04. The first-order valence-electron chi connectivity index (χ1n) is 11.1. The number of imide groups is 2. The summed E-state index contributed by atoms with van der Waals surface area (Å²) >= 11 is 0. The van der Waals surface area contributed by atoms with Gasteiger partial charge in [0.2, 0.25) is 11.8 Å². The first-order valence-corrected chi connectivity index (χ1v) is 11.1. The molecule has 33 heavy (non-hydrogen) atoms. The van der Waals surface area contributed by atoms with Gasteiger partial charge in [-0.1, -0.05) is 0 Å². The molecule has 1 aromatic carbocycles. The number of nitrogens with one attached hydrogen (secondary N) is 1. The van der Waals surface area contributed by atoms with E-state index in [9.17, 15) is 24.0 Å². The maximum atomic E-state index is 13.0. The van der Waals surface area contributed by atoms with Gasteiger partial charge in [0.1, 0.15) is 6.04 Å². The molecule has 5 amide bonds. The van der Waals surface area contributed by atoms with Gasteiger partial charge in [0, 0.05) is 63.8 Å². The minimum atomic E-state index is -0.964. The summed E-state index contributed by atoms with van der Waals surface area (Å²) in [5, 5.41) is 11.3. The third-order valence-electron chi connectivity index (χ3n) is 6.90. The third-order valence-corrected chi connectivity index (χ3v) is 6.90. The van der Waals surface area contributed by atoms with Gasteiger partial charge in [-0.05, 0) is 24.6 Å². The number of rotatable bonds is 4. The summed E-state index contributed by atoms with van der Waals surface area (Å²) in [6, 6.07) is 4.20. The van der Waals surface area contributed by atoms with Gasteiger partial charge in [-0.15, -0.1) is 0 Å². The normalized spacial score (nSPS) is 24.1. The summed E-state index contributed by atoms with van der Waals surface area (Å²) in [6.07, 6.45) is -0.641. The number of hydrogen-bond acceptors (Lipinski definition) is 7. The number of hydrogen-bond donors (Lipinski definition) is 2. The molecule has 0 radical (unpaired) electrons. The zero-order chi connectivity index (χ0) is 23.3. The number of piperazine rings is 1. The summed E-state index contributed by atoms with van der Waals surface area (Å²) < 4.78 is 0. The molecule has 3 fully saturated rings. The molecule has 0 aromatic heterocycles. The number of carbonyl (C=O) groups excluding carboxylic acids is 4. The van der Waals surface area contributed by atoms with Crippen LogP contribution in [0.25, 0.3) is 0 Å². The van der Waals surface area contributed by atoms with Crippen molar-refractivity contribution >= 4 is 35.4 Å². The van der Waals surface area contributed by atoms with Crippen LogP contribution >= 0.6 is 0 Å². The van der Waals surface area contributed by atoms with Crippen molar-refractivity contribution in [3.05, 3.63) is 29.3 Å². The Morgan fingerprint density at radius 2 is 1.70 bits per heavy atom. The number of fused-ring (bicyclic) bond motifs is 1. The molecule has 4 heterocycles. The molecule has 0 spiro atoms. The second kappa shape index (κ2) is 8.14.